The van der Waals surface area contributed by atoms with E-state index in [4.69, 9.17) is 0 Å². The maximum absolute atomic E-state index is 9.50. The molecule has 0 unspecified atom stereocenters. The Hall–Kier alpha value is -1.59. The number of rotatable bonds is 3. The molecule has 0 bridgehead atoms. The van der Waals surface area contributed by atoms with Crippen molar-refractivity contribution >= 4 is 12.6 Å². The molecule has 0 saturated heterocycles. The Balaban J connectivity index is 2.07. The second-order valence-electron chi connectivity index (χ2n) is 4.81. The van der Waals surface area contributed by atoms with Crippen LogP contribution in [0.2, 0.25) is 0 Å². The third kappa shape index (κ3) is 1.96. The lowest BCUT2D eigenvalue weighted by molar-refractivity contribution is 0.425. The Labute approximate surface area is 106 Å². The van der Waals surface area contributed by atoms with Crippen molar-refractivity contribution in [2.24, 2.45) is 0 Å². The molecule has 1 aliphatic rings. The summed E-state index contributed by atoms with van der Waals surface area (Å²) in [5, 5.41) is 19.0. The second-order valence-corrected chi connectivity index (χ2v) is 4.81. The van der Waals surface area contributed by atoms with Gasteiger partial charge in [-0.05, 0) is 48.8 Å². The molecule has 3 rings (SSSR count). The van der Waals surface area contributed by atoms with Crippen molar-refractivity contribution in [3.8, 4) is 5.69 Å². The van der Waals surface area contributed by atoms with Gasteiger partial charge in [-0.1, -0.05) is 6.07 Å². The van der Waals surface area contributed by atoms with Gasteiger partial charge in [-0.15, -0.1) is 0 Å². The van der Waals surface area contributed by atoms with Crippen molar-refractivity contribution in [2.75, 3.05) is 0 Å². The third-order valence-electron chi connectivity index (χ3n) is 3.47. The van der Waals surface area contributed by atoms with Crippen LogP contribution in [0.4, 0.5) is 0 Å². The highest BCUT2D eigenvalue weighted by Crippen LogP contribution is 2.39. The summed E-state index contributed by atoms with van der Waals surface area (Å²) in [6, 6.07) is 5.85. The molecule has 1 saturated carbocycles. The van der Waals surface area contributed by atoms with Crippen LogP contribution in [-0.2, 0) is 0 Å². The Morgan fingerprint density at radius 2 is 2.11 bits per heavy atom. The highest BCUT2D eigenvalue weighted by Gasteiger charge is 2.29. The van der Waals surface area contributed by atoms with Crippen LogP contribution in [0.1, 0.15) is 30.1 Å². The number of imidazole rings is 1. The van der Waals surface area contributed by atoms with Gasteiger partial charge in [-0.2, -0.15) is 0 Å². The van der Waals surface area contributed by atoms with Crippen LogP contribution in [0.25, 0.3) is 5.69 Å². The molecular formula is C13H15BN2O2. The lowest BCUT2D eigenvalue weighted by Gasteiger charge is -2.12. The molecule has 1 aromatic carbocycles. The average molecular weight is 242 g/mol. The molecule has 5 heteroatoms. The topological polar surface area (TPSA) is 58.3 Å². The zero-order chi connectivity index (χ0) is 12.7. The van der Waals surface area contributed by atoms with Crippen molar-refractivity contribution in [2.45, 2.75) is 25.7 Å². The van der Waals surface area contributed by atoms with E-state index in [9.17, 15) is 10.0 Å². The summed E-state index contributed by atoms with van der Waals surface area (Å²) in [5.74, 6) is 1.38. The van der Waals surface area contributed by atoms with Gasteiger partial charge in [-0.25, -0.2) is 4.98 Å². The van der Waals surface area contributed by atoms with Gasteiger partial charge in [-0.3, -0.25) is 0 Å². The molecule has 18 heavy (non-hydrogen) atoms. The van der Waals surface area contributed by atoms with E-state index in [-0.39, 0.29) is 0 Å². The van der Waals surface area contributed by atoms with Crippen molar-refractivity contribution in [1.29, 1.82) is 0 Å². The number of aromatic nitrogens is 2. The minimum Gasteiger partial charge on any atom is -0.423 e. The van der Waals surface area contributed by atoms with Crippen molar-refractivity contribution in [3.63, 3.8) is 0 Å². The Morgan fingerprint density at radius 3 is 2.67 bits per heavy atom. The fraction of sp³-hybridized carbons (Fsp3) is 0.308. The minimum absolute atomic E-state index is 0.500. The first-order chi connectivity index (χ1) is 8.66. The summed E-state index contributed by atoms with van der Waals surface area (Å²) < 4.78 is 1.93. The molecule has 2 N–H and O–H groups in total. The molecule has 2 aromatic rings. The van der Waals surface area contributed by atoms with E-state index < -0.39 is 7.12 Å². The predicted molar refractivity (Wildman–Crippen MR) is 70.1 cm³/mol. The van der Waals surface area contributed by atoms with E-state index in [1.54, 1.807) is 6.20 Å². The molecule has 0 amide bonds. The molecule has 1 aliphatic carbocycles. The third-order valence-corrected chi connectivity index (χ3v) is 3.47. The van der Waals surface area contributed by atoms with Crippen molar-refractivity contribution in [3.05, 3.63) is 42.0 Å². The van der Waals surface area contributed by atoms with Gasteiger partial charge in [0.25, 0.3) is 0 Å². The summed E-state index contributed by atoms with van der Waals surface area (Å²) in [5.41, 5.74) is 2.59. The Morgan fingerprint density at radius 1 is 1.33 bits per heavy atom. The first-order valence-electron chi connectivity index (χ1n) is 6.17. The van der Waals surface area contributed by atoms with Crippen LogP contribution < -0.4 is 5.46 Å². The van der Waals surface area contributed by atoms with E-state index in [1.165, 1.54) is 0 Å². The quantitative estimate of drug-likeness (QED) is 0.780. The molecule has 4 nitrogen and oxygen atoms in total. The molecule has 1 fully saturated rings. The number of nitrogens with zero attached hydrogens (tertiary/aromatic N) is 2. The second kappa shape index (κ2) is 4.26. The SMILES string of the molecule is Cc1nccn1-c1ccc(C2CC2)c(B(O)O)c1. The zero-order valence-electron chi connectivity index (χ0n) is 10.2. The number of hydrogen-bond donors (Lipinski definition) is 2. The van der Waals surface area contributed by atoms with Gasteiger partial charge in [0, 0.05) is 18.1 Å². The van der Waals surface area contributed by atoms with Crippen LogP contribution in [-0.4, -0.2) is 26.7 Å². The molecule has 1 aromatic heterocycles. The van der Waals surface area contributed by atoms with E-state index in [0.717, 1.165) is 29.9 Å². The van der Waals surface area contributed by atoms with Crippen molar-refractivity contribution < 1.29 is 10.0 Å². The van der Waals surface area contributed by atoms with Gasteiger partial charge in [0.05, 0.1) is 0 Å². The molecule has 0 spiro atoms. The summed E-state index contributed by atoms with van der Waals surface area (Å²) in [6.07, 6.45) is 5.89. The van der Waals surface area contributed by atoms with Gasteiger partial charge < -0.3 is 14.6 Å². The van der Waals surface area contributed by atoms with Gasteiger partial charge >= 0.3 is 7.12 Å². The first-order valence-corrected chi connectivity index (χ1v) is 6.17. The van der Waals surface area contributed by atoms with Crippen LogP contribution in [0.15, 0.2) is 30.6 Å². The number of benzene rings is 1. The summed E-state index contributed by atoms with van der Waals surface area (Å²) in [7, 11) is -1.41. The van der Waals surface area contributed by atoms with Crippen LogP contribution in [0, 0.1) is 6.92 Å². The fourth-order valence-corrected chi connectivity index (χ4v) is 2.35. The van der Waals surface area contributed by atoms with Crippen LogP contribution in [0.5, 0.6) is 0 Å². The van der Waals surface area contributed by atoms with E-state index >= 15 is 0 Å². The maximum atomic E-state index is 9.50. The molecule has 1 heterocycles. The van der Waals surface area contributed by atoms with E-state index in [0.29, 0.717) is 11.4 Å². The molecule has 0 radical (unpaired) electrons. The van der Waals surface area contributed by atoms with Crippen LogP contribution >= 0.6 is 0 Å². The smallest absolute Gasteiger partial charge is 0.423 e. The highest BCUT2D eigenvalue weighted by molar-refractivity contribution is 6.59. The predicted octanol–water partition coefficient (Wildman–Crippen LogP) is 0.738. The molecule has 0 aliphatic heterocycles. The first kappa shape index (κ1) is 11.5. The average Bonchev–Trinajstić information content (AvgIpc) is 3.11. The number of hydrogen-bond acceptors (Lipinski definition) is 3. The standard InChI is InChI=1S/C13H15BN2O2/c1-9-15-6-7-16(9)11-4-5-12(10-2-3-10)13(8-11)14(17)18/h4-8,10,17-18H,2-3H2,1H3. The van der Waals surface area contributed by atoms with Gasteiger partial charge in [0.2, 0.25) is 0 Å². The largest absolute Gasteiger partial charge is 0.488 e. The minimum atomic E-state index is -1.41. The zero-order valence-corrected chi connectivity index (χ0v) is 10.2. The monoisotopic (exact) mass is 242 g/mol. The van der Waals surface area contributed by atoms with E-state index in [1.807, 2.05) is 35.9 Å². The Kier molecular flexibility index (Phi) is 2.72. The molecule has 0 atom stereocenters. The lowest BCUT2D eigenvalue weighted by Crippen LogP contribution is -2.33. The van der Waals surface area contributed by atoms with E-state index in [2.05, 4.69) is 4.98 Å². The van der Waals surface area contributed by atoms with Crippen LogP contribution in [0.3, 0.4) is 0 Å². The normalized spacial score (nSPS) is 14.8. The summed E-state index contributed by atoms with van der Waals surface area (Å²) in [6.45, 7) is 1.92. The van der Waals surface area contributed by atoms with Crippen molar-refractivity contribution in [1.82, 2.24) is 9.55 Å². The summed E-state index contributed by atoms with van der Waals surface area (Å²) >= 11 is 0. The molecule has 92 valence electrons. The molecular weight excluding hydrogens is 227 g/mol. The number of aryl methyl sites for hydroxylation is 1. The lowest BCUT2D eigenvalue weighted by atomic mass is 9.75. The van der Waals surface area contributed by atoms with Gasteiger partial charge in [0.15, 0.2) is 0 Å². The fourth-order valence-electron chi connectivity index (χ4n) is 2.35. The summed E-state index contributed by atoms with van der Waals surface area (Å²) in [4.78, 5) is 4.18. The van der Waals surface area contributed by atoms with Gasteiger partial charge in [0.1, 0.15) is 5.82 Å². The Bertz CT molecular complexity index is 576. The maximum Gasteiger partial charge on any atom is 0.488 e. The highest BCUT2D eigenvalue weighted by atomic mass is 16.4.